The SMILES string of the molecule is CCOC(=O)CC[C@H](NC(=O)CCCOC)C(=O)OCC. The molecule has 0 aliphatic rings. The van der Waals surface area contributed by atoms with Gasteiger partial charge < -0.3 is 19.5 Å². The molecule has 1 atom stereocenters. The van der Waals surface area contributed by atoms with E-state index in [0.717, 1.165) is 0 Å². The van der Waals surface area contributed by atoms with Crippen LogP contribution in [0.1, 0.15) is 39.5 Å². The second-order valence-corrected chi connectivity index (χ2v) is 4.31. The average molecular weight is 303 g/mol. The summed E-state index contributed by atoms with van der Waals surface area (Å²) in [5.74, 6) is -1.21. The number of hydrogen-bond acceptors (Lipinski definition) is 6. The number of nitrogens with one attached hydrogen (secondary N) is 1. The summed E-state index contributed by atoms with van der Waals surface area (Å²) in [6.07, 6.45) is 1.03. The van der Waals surface area contributed by atoms with Crippen molar-refractivity contribution in [3.8, 4) is 0 Å². The summed E-state index contributed by atoms with van der Waals surface area (Å²) < 4.78 is 14.5. The van der Waals surface area contributed by atoms with Crippen LogP contribution in [-0.2, 0) is 28.6 Å². The first kappa shape index (κ1) is 19.4. The van der Waals surface area contributed by atoms with Crippen LogP contribution in [0.3, 0.4) is 0 Å². The van der Waals surface area contributed by atoms with Crippen LogP contribution in [-0.4, -0.2) is 50.8 Å². The first-order chi connectivity index (χ1) is 10.0. The van der Waals surface area contributed by atoms with Crippen molar-refractivity contribution in [1.82, 2.24) is 5.32 Å². The number of ether oxygens (including phenoxy) is 3. The number of methoxy groups -OCH3 is 1. The highest BCUT2D eigenvalue weighted by Crippen LogP contribution is 2.03. The molecule has 0 heterocycles. The van der Waals surface area contributed by atoms with Crippen LogP contribution in [0.2, 0.25) is 0 Å². The van der Waals surface area contributed by atoms with Crippen LogP contribution in [0.4, 0.5) is 0 Å². The minimum atomic E-state index is -0.829. The third kappa shape index (κ3) is 9.84. The molecule has 0 unspecified atom stereocenters. The van der Waals surface area contributed by atoms with E-state index in [1.165, 1.54) is 0 Å². The molecule has 0 aromatic rings. The molecule has 7 nitrogen and oxygen atoms in total. The van der Waals surface area contributed by atoms with Gasteiger partial charge in [-0.05, 0) is 26.7 Å². The van der Waals surface area contributed by atoms with Gasteiger partial charge in [0.2, 0.25) is 5.91 Å². The molecule has 0 spiro atoms. The zero-order valence-corrected chi connectivity index (χ0v) is 13.0. The van der Waals surface area contributed by atoms with Crippen molar-refractivity contribution in [2.45, 2.75) is 45.6 Å². The van der Waals surface area contributed by atoms with Gasteiger partial charge in [-0.1, -0.05) is 0 Å². The molecule has 0 bridgehead atoms. The van der Waals surface area contributed by atoms with Crippen LogP contribution in [0.25, 0.3) is 0 Å². The molecule has 21 heavy (non-hydrogen) atoms. The normalized spacial score (nSPS) is 11.6. The van der Waals surface area contributed by atoms with Crippen LogP contribution in [0, 0.1) is 0 Å². The Labute approximate surface area is 125 Å². The molecule has 0 saturated heterocycles. The van der Waals surface area contributed by atoms with Crippen LogP contribution >= 0.6 is 0 Å². The predicted molar refractivity (Wildman–Crippen MR) is 75.5 cm³/mol. The third-order valence-corrected chi connectivity index (χ3v) is 2.60. The lowest BCUT2D eigenvalue weighted by Gasteiger charge is -2.17. The number of amides is 1. The summed E-state index contributed by atoms with van der Waals surface area (Å²) in [6, 6.07) is -0.829. The lowest BCUT2D eigenvalue weighted by Crippen LogP contribution is -2.42. The topological polar surface area (TPSA) is 90.9 Å². The van der Waals surface area contributed by atoms with Crippen molar-refractivity contribution in [2.24, 2.45) is 0 Å². The molecule has 122 valence electrons. The first-order valence-corrected chi connectivity index (χ1v) is 7.15. The second-order valence-electron chi connectivity index (χ2n) is 4.31. The summed E-state index contributed by atoms with van der Waals surface area (Å²) in [7, 11) is 1.55. The van der Waals surface area contributed by atoms with Gasteiger partial charge in [-0.15, -0.1) is 0 Å². The van der Waals surface area contributed by atoms with Gasteiger partial charge in [0.1, 0.15) is 6.04 Å². The highest BCUT2D eigenvalue weighted by molar-refractivity contribution is 5.84. The number of hydrogen-bond donors (Lipinski definition) is 1. The maximum Gasteiger partial charge on any atom is 0.328 e. The van der Waals surface area contributed by atoms with E-state index >= 15 is 0 Å². The molecule has 0 aromatic heterocycles. The van der Waals surface area contributed by atoms with Crippen LogP contribution in [0.5, 0.6) is 0 Å². The van der Waals surface area contributed by atoms with E-state index in [9.17, 15) is 14.4 Å². The fourth-order valence-corrected chi connectivity index (χ4v) is 1.63. The largest absolute Gasteiger partial charge is 0.466 e. The van der Waals surface area contributed by atoms with Gasteiger partial charge >= 0.3 is 11.9 Å². The maximum absolute atomic E-state index is 11.8. The molecule has 1 amide bonds. The molecule has 0 aliphatic heterocycles. The van der Waals surface area contributed by atoms with E-state index in [2.05, 4.69) is 5.32 Å². The Kier molecular flexibility index (Phi) is 11.2. The second kappa shape index (κ2) is 12.1. The average Bonchev–Trinajstić information content (AvgIpc) is 2.44. The van der Waals surface area contributed by atoms with E-state index in [1.807, 2.05) is 0 Å². The fraction of sp³-hybridized carbons (Fsp3) is 0.786. The highest BCUT2D eigenvalue weighted by Gasteiger charge is 2.23. The summed E-state index contributed by atoms with van der Waals surface area (Å²) in [6.45, 7) is 4.36. The number of carbonyl (C=O) groups is 3. The molecule has 0 fully saturated rings. The Balaban J connectivity index is 4.34. The van der Waals surface area contributed by atoms with E-state index < -0.39 is 18.0 Å². The van der Waals surface area contributed by atoms with E-state index in [4.69, 9.17) is 14.2 Å². The van der Waals surface area contributed by atoms with Gasteiger partial charge in [0.05, 0.1) is 13.2 Å². The quantitative estimate of drug-likeness (QED) is 0.448. The fourth-order valence-electron chi connectivity index (χ4n) is 1.63. The Bertz CT molecular complexity index is 331. The Hall–Kier alpha value is -1.63. The summed E-state index contributed by atoms with van der Waals surface area (Å²) in [4.78, 5) is 34.8. The molecule has 0 aromatic carbocycles. The van der Waals surface area contributed by atoms with Crippen molar-refractivity contribution in [3.05, 3.63) is 0 Å². The number of rotatable bonds is 11. The smallest absolute Gasteiger partial charge is 0.328 e. The van der Waals surface area contributed by atoms with Gasteiger partial charge in [0, 0.05) is 26.6 Å². The standard InChI is InChI=1S/C14H25NO6/c1-4-20-13(17)9-8-11(14(18)21-5-2)15-12(16)7-6-10-19-3/h11H,4-10H2,1-3H3,(H,15,16)/t11-/m0/s1. The summed E-state index contributed by atoms with van der Waals surface area (Å²) in [5, 5.41) is 2.58. The lowest BCUT2D eigenvalue weighted by atomic mass is 10.1. The van der Waals surface area contributed by atoms with Gasteiger partial charge in [-0.3, -0.25) is 9.59 Å². The molecule has 0 radical (unpaired) electrons. The zero-order valence-electron chi connectivity index (χ0n) is 13.0. The molecule has 7 heteroatoms. The molecule has 0 aliphatic carbocycles. The van der Waals surface area contributed by atoms with Crippen molar-refractivity contribution < 1.29 is 28.6 Å². The minimum absolute atomic E-state index is 0.0513. The molecular weight excluding hydrogens is 278 g/mol. The van der Waals surface area contributed by atoms with Crippen molar-refractivity contribution in [3.63, 3.8) is 0 Å². The number of esters is 2. The Morgan fingerprint density at radius 1 is 1.05 bits per heavy atom. The minimum Gasteiger partial charge on any atom is -0.466 e. The van der Waals surface area contributed by atoms with Gasteiger partial charge in [0.15, 0.2) is 0 Å². The summed E-state index contributed by atoms with van der Waals surface area (Å²) in [5.41, 5.74) is 0. The third-order valence-electron chi connectivity index (χ3n) is 2.60. The lowest BCUT2D eigenvalue weighted by molar-refractivity contribution is -0.148. The van der Waals surface area contributed by atoms with E-state index in [0.29, 0.717) is 13.0 Å². The van der Waals surface area contributed by atoms with Gasteiger partial charge in [-0.2, -0.15) is 0 Å². The maximum atomic E-state index is 11.8. The van der Waals surface area contributed by atoms with Gasteiger partial charge in [-0.25, -0.2) is 4.79 Å². The van der Waals surface area contributed by atoms with E-state index in [-0.39, 0.29) is 38.4 Å². The summed E-state index contributed by atoms with van der Waals surface area (Å²) >= 11 is 0. The first-order valence-electron chi connectivity index (χ1n) is 7.15. The van der Waals surface area contributed by atoms with Gasteiger partial charge in [0.25, 0.3) is 0 Å². The Morgan fingerprint density at radius 2 is 1.71 bits per heavy atom. The molecular formula is C14H25NO6. The predicted octanol–water partition coefficient (Wildman–Crippen LogP) is 0.804. The van der Waals surface area contributed by atoms with E-state index in [1.54, 1.807) is 21.0 Å². The van der Waals surface area contributed by atoms with Crippen molar-refractivity contribution in [1.29, 1.82) is 0 Å². The molecule has 0 rings (SSSR count). The molecule has 0 saturated carbocycles. The zero-order chi connectivity index (χ0) is 16.1. The highest BCUT2D eigenvalue weighted by atomic mass is 16.5. The van der Waals surface area contributed by atoms with Crippen LogP contribution in [0.15, 0.2) is 0 Å². The van der Waals surface area contributed by atoms with Crippen molar-refractivity contribution in [2.75, 3.05) is 26.9 Å². The van der Waals surface area contributed by atoms with Crippen LogP contribution < -0.4 is 5.32 Å². The number of carbonyl (C=O) groups excluding carboxylic acids is 3. The monoisotopic (exact) mass is 303 g/mol. The van der Waals surface area contributed by atoms with Crippen molar-refractivity contribution >= 4 is 17.8 Å². The Morgan fingerprint density at radius 3 is 2.29 bits per heavy atom. The molecule has 1 N–H and O–H groups in total.